The number of hydrogen-bond donors (Lipinski definition) is 1. The summed E-state index contributed by atoms with van der Waals surface area (Å²) in [7, 11) is 1.67. The molecule has 3 nitrogen and oxygen atoms in total. The number of nitrogens with one attached hydrogen (secondary N) is 1. The molecule has 3 heteroatoms. The van der Waals surface area contributed by atoms with Crippen LogP contribution in [0.1, 0.15) is 24.8 Å². The molecule has 0 aliphatic heterocycles. The van der Waals surface area contributed by atoms with Crippen LogP contribution in [0.4, 0.5) is 0 Å². The first-order valence-electron chi connectivity index (χ1n) is 6.86. The summed E-state index contributed by atoms with van der Waals surface area (Å²) in [5.74, 6) is 1.22. The normalized spacial score (nSPS) is 18.1. The van der Waals surface area contributed by atoms with Gasteiger partial charge in [-0.2, -0.15) is 0 Å². The molecule has 0 bridgehead atoms. The number of methoxy groups -OCH3 is 1. The van der Waals surface area contributed by atoms with Crippen LogP contribution in [0, 0.1) is 5.92 Å². The molecule has 0 saturated carbocycles. The maximum atomic E-state index is 12.0. The van der Waals surface area contributed by atoms with Gasteiger partial charge in [0.2, 0.25) is 5.91 Å². The Morgan fingerprint density at radius 2 is 2.21 bits per heavy atom. The molecule has 102 valence electrons. The average molecular weight is 259 g/mol. The number of hydrogen-bond acceptors (Lipinski definition) is 2. The monoisotopic (exact) mass is 259 g/mol. The number of para-hydroxylation sites is 1. The van der Waals surface area contributed by atoms with Gasteiger partial charge in [0, 0.05) is 12.5 Å². The second-order valence-electron chi connectivity index (χ2n) is 4.83. The van der Waals surface area contributed by atoms with Gasteiger partial charge < -0.3 is 10.1 Å². The Labute approximate surface area is 114 Å². The maximum absolute atomic E-state index is 12.0. The maximum Gasteiger partial charge on any atom is 0.223 e. The Balaban J connectivity index is 1.79. The molecule has 1 aromatic rings. The van der Waals surface area contributed by atoms with Crippen molar-refractivity contribution in [3.8, 4) is 5.75 Å². The number of amides is 1. The van der Waals surface area contributed by atoms with Crippen molar-refractivity contribution in [3.63, 3.8) is 0 Å². The highest BCUT2D eigenvalue weighted by molar-refractivity contribution is 5.78. The zero-order valence-corrected chi connectivity index (χ0v) is 11.4. The molecule has 1 N–H and O–H groups in total. The first-order chi connectivity index (χ1) is 9.31. The van der Waals surface area contributed by atoms with Gasteiger partial charge in [-0.15, -0.1) is 0 Å². The molecule has 19 heavy (non-hydrogen) atoms. The van der Waals surface area contributed by atoms with E-state index in [0.29, 0.717) is 6.54 Å². The Kier molecular flexibility index (Phi) is 5.01. The standard InChI is InChI=1S/C16H21NO2/c1-19-15-10-6-5-7-13(15)11-12-17-16(18)14-8-3-2-4-9-14/h2-3,5-7,10,14H,4,8-9,11-12H2,1H3,(H,17,18). The van der Waals surface area contributed by atoms with Crippen molar-refractivity contribution in [1.82, 2.24) is 5.32 Å². The van der Waals surface area contributed by atoms with Crippen molar-refractivity contribution < 1.29 is 9.53 Å². The molecule has 0 heterocycles. The smallest absolute Gasteiger partial charge is 0.223 e. The van der Waals surface area contributed by atoms with Crippen LogP contribution in [0.2, 0.25) is 0 Å². The van der Waals surface area contributed by atoms with E-state index in [1.54, 1.807) is 7.11 Å². The highest BCUT2D eigenvalue weighted by atomic mass is 16.5. The number of benzene rings is 1. The van der Waals surface area contributed by atoms with Gasteiger partial charge in [-0.1, -0.05) is 30.4 Å². The molecule has 1 atom stereocenters. The van der Waals surface area contributed by atoms with Crippen molar-refractivity contribution in [2.75, 3.05) is 13.7 Å². The number of allylic oxidation sites excluding steroid dienone is 2. The fourth-order valence-corrected chi connectivity index (χ4v) is 2.41. The molecule has 1 aliphatic rings. The molecular formula is C16H21NO2. The summed E-state index contributed by atoms with van der Waals surface area (Å²) in [6.07, 6.45) is 7.92. The third kappa shape index (κ3) is 3.85. The van der Waals surface area contributed by atoms with Crippen LogP contribution in [0.25, 0.3) is 0 Å². The van der Waals surface area contributed by atoms with Gasteiger partial charge in [0.1, 0.15) is 5.75 Å². The number of carbonyl (C=O) groups is 1. The van der Waals surface area contributed by atoms with E-state index in [4.69, 9.17) is 4.74 Å². The van der Waals surface area contributed by atoms with Gasteiger partial charge in [0.05, 0.1) is 7.11 Å². The van der Waals surface area contributed by atoms with Gasteiger partial charge in [-0.05, 0) is 37.3 Å². The minimum Gasteiger partial charge on any atom is -0.496 e. The summed E-state index contributed by atoms with van der Waals surface area (Å²) in [4.78, 5) is 12.0. The molecule has 1 aliphatic carbocycles. The van der Waals surface area contributed by atoms with E-state index < -0.39 is 0 Å². The van der Waals surface area contributed by atoms with E-state index in [1.165, 1.54) is 0 Å². The van der Waals surface area contributed by atoms with E-state index >= 15 is 0 Å². The molecule has 2 rings (SSSR count). The molecule has 0 radical (unpaired) electrons. The van der Waals surface area contributed by atoms with Crippen LogP contribution in [0.5, 0.6) is 5.75 Å². The Morgan fingerprint density at radius 3 is 2.95 bits per heavy atom. The molecule has 0 aromatic heterocycles. The van der Waals surface area contributed by atoms with Crippen LogP contribution >= 0.6 is 0 Å². The summed E-state index contributed by atoms with van der Waals surface area (Å²) in [5.41, 5.74) is 1.13. The zero-order chi connectivity index (χ0) is 13.5. The van der Waals surface area contributed by atoms with Gasteiger partial charge in [0.15, 0.2) is 0 Å². The third-order valence-electron chi connectivity index (χ3n) is 3.53. The van der Waals surface area contributed by atoms with Crippen molar-refractivity contribution in [3.05, 3.63) is 42.0 Å². The lowest BCUT2D eigenvalue weighted by Gasteiger charge is -2.17. The highest BCUT2D eigenvalue weighted by Crippen LogP contribution is 2.19. The largest absolute Gasteiger partial charge is 0.496 e. The molecular weight excluding hydrogens is 238 g/mol. The molecule has 0 fully saturated rings. The predicted octanol–water partition coefficient (Wildman–Crippen LogP) is 2.71. The van der Waals surface area contributed by atoms with E-state index in [2.05, 4.69) is 17.5 Å². The zero-order valence-electron chi connectivity index (χ0n) is 11.4. The lowest BCUT2D eigenvalue weighted by Crippen LogP contribution is -2.32. The second-order valence-corrected chi connectivity index (χ2v) is 4.83. The molecule has 1 amide bonds. The number of carbonyl (C=O) groups excluding carboxylic acids is 1. The van der Waals surface area contributed by atoms with Gasteiger partial charge in [0.25, 0.3) is 0 Å². The average Bonchev–Trinajstić information content (AvgIpc) is 2.48. The number of rotatable bonds is 5. The SMILES string of the molecule is COc1ccccc1CCNC(=O)C1CC=CCC1. The fourth-order valence-electron chi connectivity index (χ4n) is 2.41. The minimum absolute atomic E-state index is 0.155. The van der Waals surface area contributed by atoms with E-state index in [1.807, 2.05) is 24.3 Å². The van der Waals surface area contributed by atoms with E-state index in [9.17, 15) is 4.79 Å². The van der Waals surface area contributed by atoms with Crippen LogP contribution in [-0.2, 0) is 11.2 Å². The first-order valence-corrected chi connectivity index (χ1v) is 6.86. The summed E-state index contributed by atoms with van der Waals surface area (Å²) in [6.45, 7) is 0.666. The molecule has 1 aromatic carbocycles. The summed E-state index contributed by atoms with van der Waals surface area (Å²) < 4.78 is 5.30. The minimum atomic E-state index is 0.155. The van der Waals surface area contributed by atoms with Crippen molar-refractivity contribution in [2.24, 2.45) is 5.92 Å². The van der Waals surface area contributed by atoms with E-state index in [-0.39, 0.29) is 11.8 Å². The molecule has 1 unspecified atom stereocenters. The summed E-state index contributed by atoms with van der Waals surface area (Å²) in [6, 6.07) is 7.93. The summed E-state index contributed by atoms with van der Waals surface area (Å²) >= 11 is 0. The van der Waals surface area contributed by atoms with Crippen LogP contribution in [-0.4, -0.2) is 19.6 Å². The quantitative estimate of drug-likeness (QED) is 0.826. The Morgan fingerprint density at radius 1 is 1.37 bits per heavy atom. The highest BCUT2D eigenvalue weighted by Gasteiger charge is 2.17. The van der Waals surface area contributed by atoms with Crippen molar-refractivity contribution in [2.45, 2.75) is 25.7 Å². The molecule has 0 saturated heterocycles. The van der Waals surface area contributed by atoms with Crippen LogP contribution in [0.15, 0.2) is 36.4 Å². The van der Waals surface area contributed by atoms with Crippen molar-refractivity contribution in [1.29, 1.82) is 0 Å². The lowest BCUT2D eigenvalue weighted by atomic mass is 9.93. The molecule has 0 spiro atoms. The van der Waals surface area contributed by atoms with Gasteiger partial charge >= 0.3 is 0 Å². The van der Waals surface area contributed by atoms with Crippen LogP contribution in [0.3, 0.4) is 0 Å². The Bertz CT molecular complexity index is 454. The van der Waals surface area contributed by atoms with Crippen LogP contribution < -0.4 is 10.1 Å². The number of ether oxygens (including phenoxy) is 1. The second kappa shape index (κ2) is 6.98. The van der Waals surface area contributed by atoms with Gasteiger partial charge in [-0.25, -0.2) is 0 Å². The summed E-state index contributed by atoms with van der Waals surface area (Å²) in [5, 5.41) is 3.02. The lowest BCUT2D eigenvalue weighted by molar-refractivity contribution is -0.125. The predicted molar refractivity (Wildman–Crippen MR) is 76.2 cm³/mol. The fraction of sp³-hybridized carbons (Fsp3) is 0.438. The third-order valence-corrected chi connectivity index (χ3v) is 3.53. The first kappa shape index (κ1) is 13.7. The van der Waals surface area contributed by atoms with Crippen molar-refractivity contribution >= 4 is 5.91 Å². The Hall–Kier alpha value is -1.77. The topological polar surface area (TPSA) is 38.3 Å². The van der Waals surface area contributed by atoms with Gasteiger partial charge in [-0.3, -0.25) is 4.79 Å². The van der Waals surface area contributed by atoms with E-state index in [0.717, 1.165) is 37.0 Å².